The third-order valence-electron chi connectivity index (χ3n) is 5.70. The fraction of sp³-hybridized carbons (Fsp3) is 0.542. The Morgan fingerprint density at radius 2 is 2.03 bits per heavy atom. The number of aromatic nitrogens is 3. The summed E-state index contributed by atoms with van der Waals surface area (Å²) >= 11 is 1.41. The van der Waals surface area contributed by atoms with Gasteiger partial charge in [0.15, 0.2) is 5.16 Å². The number of carbonyl (C=O) groups is 1. The van der Waals surface area contributed by atoms with E-state index in [-0.39, 0.29) is 17.1 Å². The monoisotopic (exact) mass is 442 g/mol. The lowest BCUT2D eigenvalue weighted by Crippen LogP contribution is -2.17. The standard InChI is InChI=1S/C24H34N4O2S/c1-6-14-28-22(17-10-8-7-9-11-17)26-27-23(28)31-16-21(29)25-19-15-18(24(2,3)4)12-13-20(19)30-5/h6,12-13,15,17H,1,7-11,14,16H2,2-5H3,(H,25,29). The van der Waals surface area contributed by atoms with Crippen molar-refractivity contribution in [1.82, 2.24) is 14.8 Å². The van der Waals surface area contributed by atoms with Gasteiger partial charge >= 0.3 is 0 Å². The Hall–Kier alpha value is -2.28. The summed E-state index contributed by atoms with van der Waals surface area (Å²) in [7, 11) is 1.61. The highest BCUT2D eigenvalue weighted by molar-refractivity contribution is 7.99. The SMILES string of the molecule is C=CCn1c(SCC(=O)Nc2cc(C(C)(C)C)ccc2OC)nnc1C1CCCCC1. The number of thioether (sulfide) groups is 1. The third-order valence-corrected chi connectivity index (χ3v) is 6.67. The number of nitrogens with one attached hydrogen (secondary N) is 1. The molecule has 2 aromatic rings. The summed E-state index contributed by atoms with van der Waals surface area (Å²) in [6.07, 6.45) is 7.96. The Morgan fingerprint density at radius 1 is 1.29 bits per heavy atom. The van der Waals surface area contributed by atoms with Crippen LogP contribution < -0.4 is 10.1 Å². The van der Waals surface area contributed by atoms with Crippen molar-refractivity contribution in [3.05, 3.63) is 42.2 Å². The first kappa shape index (κ1) is 23.4. The molecule has 0 spiro atoms. The molecule has 0 atom stereocenters. The number of amides is 1. The van der Waals surface area contributed by atoms with E-state index in [1.165, 1.54) is 31.0 Å². The summed E-state index contributed by atoms with van der Waals surface area (Å²) < 4.78 is 7.55. The number of carbonyl (C=O) groups excluding carboxylic acids is 1. The predicted molar refractivity (Wildman–Crippen MR) is 127 cm³/mol. The molecule has 1 saturated carbocycles. The molecule has 0 radical (unpaired) electrons. The third kappa shape index (κ3) is 5.91. The zero-order valence-corrected chi connectivity index (χ0v) is 19.9. The van der Waals surface area contributed by atoms with E-state index in [9.17, 15) is 4.79 Å². The fourth-order valence-corrected chi connectivity index (χ4v) is 4.71. The molecule has 0 saturated heterocycles. The van der Waals surface area contributed by atoms with Gasteiger partial charge in [-0.3, -0.25) is 4.79 Å². The largest absolute Gasteiger partial charge is 0.495 e. The Morgan fingerprint density at radius 3 is 2.68 bits per heavy atom. The Bertz CT molecular complexity index is 911. The van der Waals surface area contributed by atoms with Crippen molar-refractivity contribution in [2.75, 3.05) is 18.2 Å². The van der Waals surface area contributed by atoms with Crippen LogP contribution in [0.5, 0.6) is 5.75 Å². The molecular weight excluding hydrogens is 408 g/mol. The maximum absolute atomic E-state index is 12.7. The zero-order chi connectivity index (χ0) is 22.4. The summed E-state index contributed by atoms with van der Waals surface area (Å²) in [4.78, 5) is 12.7. The number of hydrogen-bond acceptors (Lipinski definition) is 5. The van der Waals surface area contributed by atoms with Crippen molar-refractivity contribution >= 4 is 23.4 Å². The van der Waals surface area contributed by atoms with Gasteiger partial charge < -0.3 is 14.6 Å². The van der Waals surface area contributed by atoms with Gasteiger partial charge in [-0.15, -0.1) is 16.8 Å². The van der Waals surface area contributed by atoms with E-state index in [1.54, 1.807) is 7.11 Å². The smallest absolute Gasteiger partial charge is 0.234 e. The van der Waals surface area contributed by atoms with Crippen molar-refractivity contribution in [3.63, 3.8) is 0 Å². The van der Waals surface area contributed by atoms with Gasteiger partial charge in [-0.25, -0.2) is 0 Å². The van der Waals surface area contributed by atoms with Crippen molar-refractivity contribution in [3.8, 4) is 5.75 Å². The van der Waals surface area contributed by atoms with Crippen molar-refractivity contribution in [2.24, 2.45) is 0 Å². The number of hydrogen-bond donors (Lipinski definition) is 1. The molecule has 1 heterocycles. The summed E-state index contributed by atoms with van der Waals surface area (Å²) in [5, 5.41) is 12.6. The molecule has 1 aliphatic rings. The number of benzene rings is 1. The minimum Gasteiger partial charge on any atom is -0.495 e. The summed E-state index contributed by atoms with van der Waals surface area (Å²) in [6.45, 7) is 11.0. The summed E-state index contributed by atoms with van der Waals surface area (Å²) in [5.41, 5.74) is 1.81. The van der Waals surface area contributed by atoms with E-state index in [0.717, 1.165) is 29.4 Å². The van der Waals surface area contributed by atoms with E-state index in [2.05, 4.69) is 47.4 Å². The maximum Gasteiger partial charge on any atom is 0.234 e. The molecule has 7 heteroatoms. The molecule has 0 bridgehead atoms. The van der Waals surface area contributed by atoms with E-state index < -0.39 is 0 Å². The molecule has 1 N–H and O–H groups in total. The van der Waals surface area contributed by atoms with E-state index >= 15 is 0 Å². The van der Waals surface area contributed by atoms with Crippen LogP contribution in [-0.2, 0) is 16.8 Å². The van der Waals surface area contributed by atoms with Crippen LogP contribution in [-0.4, -0.2) is 33.5 Å². The van der Waals surface area contributed by atoms with Crippen LogP contribution in [0.2, 0.25) is 0 Å². The molecule has 3 rings (SSSR count). The fourth-order valence-electron chi connectivity index (χ4n) is 3.96. The lowest BCUT2D eigenvalue weighted by molar-refractivity contribution is -0.113. The quantitative estimate of drug-likeness (QED) is 0.429. The first-order valence-electron chi connectivity index (χ1n) is 11.0. The van der Waals surface area contributed by atoms with E-state index in [4.69, 9.17) is 4.74 Å². The maximum atomic E-state index is 12.7. The molecule has 1 amide bonds. The average molecular weight is 443 g/mol. The van der Waals surface area contributed by atoms with Gasteiger partial charge in [0.05, 0.1) is 18.6 Å². The number of methoxy groups -OCH3 is 1. The van der Waals surface area contributed by atoms with Gasteiger partial charge in [0.1, 0.15) is 11.6 Å². The highest BCUT2D eigenvalue weighted by atomic mass is 32.2. The Kier molecular flexibility index (Phi) is 7.81. The number of nitrogens with zero attached hydrogens (tertiary/aromatic N) is 3. The molecule has 0 aliphatic heterocycles. The topological polar surface area (TPSA) is 69.0 Å². The second-order valence-electron chi connectivity index (χ2n) is 9.08. The minimum atomic E-state index is -0.0956. The van der Waals surface area contributed by atoms with Crippen LogP contribution >= 0.6 is 11.8 Å². The van der Waals surface area contributed by atoms with E-state index in [1.807, 2.05) is 24.3 Å². The molecule has 31 heavy (non-hydrogen) atoms. The zero-order valence-electron chi connectivity index (χ0n) is 19.1. The summed E-state index contributed by atoms with van der Waals surface area (Å²) in [6, 6.07) is 5.93. The van der Waals surface area contributed by atoms with Crippen LogP contribution in [0.25, 0.3) is 0 Å². The number of anilines is 1. The van der Waals surface area contributed by atoms with Crippen LogP contribution in [0.15, 0.2) is 36.0 Å². The average Bonchev–Trinajstić information content (AvgIpc) is 3.15. The molecular formula is C24H34N4O2S. The van der Waals surface area contributed by atoms with Gasteiger partial charge in [-0.1, -0.05) is 63.9 Å². The number of ether oxygens (including phenoxy) is 1. The summed E-state index contributed by atoms with van der Waals surface area (Å²) in [5.74, 6) is 2.29. The molecule has 0 unspecified atom stereocenters. The number of allylic oxidation sites excluding steroid dienone is 1. The van der Waals surface area contributed by atoms with Gasteiger partial charge in [0.2, 0.25) is 5.91 Å². The van der Waals surface area contributed by atoms with Crippen molar-refractivity contribution in [1.29, 1.82) is 0 Å². The molecule has 1 aromatic carbocycles. The van der Waals surface area contributed by atoms with Crippen LogP contribution in [0.3, 0.4) is 0 Å². The molecule has 1 aliphatic carbocycles. The van der Waals surface area contributed by atoms with Gasteiger partial charge in [0.25, 0.3) is 0 Å². The lowest BCUT2D eigenvalue weighted by Gasteiger charge is -2.21. The minimum absolute atomic E-state index is 0.0167. The molecule has 6 nitrogen and oxygen atoms in total. The van der Waals surface area contributed by atoms with Crippen LogP contribution in [0, 0.1) is 0 Å². The van der Waals surface area contributed by atoms with Crippen molar-refractivity contribution in [2.45, 2.75) is 75.9 Å². The first-order chi connectivity index (χ1) is 14.8. The van der Waals surface area contributed by atoms with Gasteiger partial charge in [0, 0.05) is 12.5 Å². The van der Waals surface area contributed by atoms with Crippen LogP contribution in [0.4, 0.5) is 5.69 Å². The lowest BCUT2D eigenvalue weighted by atomic mass is 9.87. The highest BCUT2D eigenvalue weighted by Crippen LogP contribution is 2.34. The Balaban J connectivity index is 1.70. The molecule has 168 valence electrons. The second kappa shape index (κ2) is 10.4. The number of rotatable bonds is 8. The van der Waals surface area contributed by atoms with Gasteiger partial charge in [-0.05, 0) is 36.0 Å². The Labute approximate surface area is 189 Å². The van der Waals surface area contributed by atoms with Crippen molar-refractivity contribution < 1.29 is 9.53 Å². The first-order valence-corrected chi connectivity index (χ1v) is 12.0. The highest BCUT2D eigenvalue weighted by Gasteiger charge is 2.23. The predicted octanol–water partition coefficient (Wildman–Crippen LogP) is 5.55. The van der Waals surface area contributed by atoms with Crippen LogP contribution in [0.1, 0.15) is 70.2 Å². The second-order valence-corrected chi connectivity index (χ2v) is 10.0. The molecule has 1 fully saturated rings. The normalized spacial score (nSPS) is 15.0. The van der Waals surface area contributed by atoms with E-state index in [0.29, 0.717) is 23.9 Å². The van der Waals surface area contributed by atoms with Gasteiger partial charge in [-0.2, -0.15) is 0 Å². The molecule has 1 aromatic heterocycles.